The van der Waals surface area contributed by atoms with Gasteiger partial charge in [0, 0.05) is 0 Å². The van der Waals surface area contributed by atoms with Crippen molar-refractivity contribution < 1.29 is 17.9 Å². The minimum absolute atomic E-state index is 0.0289. The van der Waals surface area contributed by atoms with Crippen molar-refractivity contribution in [1.29, 1.82) is 0 Å². The number of nitrogen functional groups attached to an aromatic ring is 1. The second-order valence-corrected chi connectivity index (χ2v) is 4.59. The predicted octanol–water partition coefficient (Wildman–Crippen LogP) is 3.36. The number of aromatic nitrogens is 3. The number of benzene rings is 1. The lowest BCUT2D eigenvalue weighted by atomic mass is 10.3. The van der Waals surface area contributed by atoms with E-state index in [9.17, 15) is 13.2 Å². The van der Waals surface area contributed by atoms with E-state index in [0.717, 1.165) is 0 Å². The normalized spacial score (nSPS) is 12.8. The standard InChI is InChI=1S/C11H8Cl2F3N5O/c12-7(14)11(15,16)22-6-4-2-1-3-5(6)18-10-20-8(13)19-9(17)21-10/h1-4,7H,(H3,17,18,19,20,21)/t7-/m1/s1. The second kappa shape index (κ2) is 6.41. The van der Waals surface area contributed by atoms with Crippen molar-refractivity contribution >= 4 is 40.8 Å². The molecule has 6 nitrogen and oxygen atoms in total. The van der Waals surface area contributed by atoms with Crippen LogP contribution in [0.4, 0.5) is 30.8 Å². The molecule has 0 unspecified atom stereocenters. The third kappa shape index (κ3) is 4.01. The monoisotopic (exact) mass is 353 g/mol. The molecule has 0 bridgehead atoms. The molecular formula is C11H8Cl2F3N5O. The fourth-order valence-electron chi connectivity index (χ4n) is 1.39. The van der Waals surface area contributed by atoms with Gasteiger partial charge in [0.25, 0.3) is 5.63 Å². The third-order valence-electron chi connectivity index (χ3n) is 2.26. The summed E-state index contributed by atoms with van der Waals surface area (Å²) in [7, 11) is 0. The smallest absolute Gasteiger partial charge is 0.427 e. The fourth-order valence-corrected chi connectivity index (χ4v) is 1.60. The minimum atomic E-state index is -4.21. The topological polar surface area (TPSA) is 86.0 Å². The Kier molecular flexibility index (Phi) is 4.77. The number of halogens is 5. The predicted molar refractivity (Wildman–Crippen MR) is 75.3 cm³/mol. The first-order chi connectivity index (χ1) is 10.3. The molecule has 0 aliphatic heterocycles. The molecule has 0 aliphatic carbocycles. The number of hydrogen-bond acceptors (Lipinski definition) is 6. The number of rotatable bonds is 5. The van der Waals surface area contributed by atoms with E-state index in [4.69, 9.17) is 28.9 Å². The van der Waals surface area contributed by atoms with Crippen molar-refractivity contribution in [2.24, 2.45) is 0 Å². The first-order valence-corrected chi connectivity index (χ1v) is 6.47. The zero-order chi connectivity index (χ0) is 16.3. The van der Waals surface area contributed by atoms with Crippen LogP contribution >= 0.6 is 23.2 Å². The number of para-hydroxylation sites is 2. The van der Waals surface area contributed by atoms with Crippen LogP contribution in [0.15, 0.2) is 24.3 Å². The number of nitrogens with one attached hydrogen (secondary N) is 1. The Morgan fingerprint density at radius 2 is 1.91 bits per heavy atom. The highest BCUT2D eigenvalue weighted by Crippen LogP contribution is 2.34. The van der Waals surface area contributed by atoms with Crippen LogP contribution in [0.1, 0.15) is 0 Å². The number of nitrogens with zero attached hydrogens (tertiary/aromatic N) is 3. The molecule has 0 saturated heterocycles. The van der Waals surface area contributed by atoms with Gasteiger partial charge in [-0.15, -0.1) is 0 Å². The summed E-state index contributed by atoms with van der Waals surface area (Å²) in [6, 6.07) is 5.49. The highest BCUT2D eigenvalue weighted by Gasteiger charge is 2.42. The highest BCUT2D eigenvalue weighted by molar-refractivity contribution is 6.28. The highest BCUT2D eigenvalue weighted by atomic mass is 35.5. The fraction of sp³-hybridized carbons (Fsp3) is 0.182. The lowest BCUT2D eigenvalue weighted by Gasteiger charge is -2.19. The van der Waals surface area contributed by atoms with Crippen LogP contribution in [0.5, 0.6) is 5.75 Å². The Balaban J connectivity index is 2.28. The van der Waals surface area contributed by atoms with E-state index >= 15 is 0 Å². The first kappa shape index (κ1) is 16.4. The summed E-state index contributed by atoms with van der Waals surface area (Å²) in [5.74, 6) is -0.638. The van der Waals surface area contributed by atoms with Gasteiger partial charge in [-0.1, -0.05) is 23.7 Å². The van der Waals surface area contributed by atoms with Crippen molar-refractivity contribution in [2.45, 2.75) is 11.7 Å². The van der Waals surface area contributed by atoms with Gasteiger partial charge in [0.15, 0.2) is 0 Å². The molecule has 1 aromatic heterocycles. The quantitative estimate of drug-likeness (QED) is 0.801. The van der Waals surface area contributed by atoms with Crippen molar-refractivity contribution in [3.8, 4) is 5.75 Å². The average Bonchev–Trinajstić information content (AvgIpc) is 2.39. The summed E-state index contributed by atoms with van der Waals surface area (Å²) < 4.78 is 43.4. The van der Waals surface area contributed by atoms with Crippen LogP contribution in [0, 0.1) is 0 Å². The van der Waals surface area contributed by atoms with E-state index in [2.05, 4.69) is 25.0 Å². The third-order valence-corrected chi connectivity index (χ3v) is 2.68. The van der Waals surface area contributed by atoms with E-state index < -0.39 is 11.7 Å². The summed E-state index contributed by atoms with van der Waals surface area (Å²) >= 11 is 10.3. The molecule has 1 atom stereocenters. The molecule has 0 radical (unpaired) electrons. The minimum Gasteiger partial charge on any atom is -0.427 e. The second-order valence-electron chi connectivity index (χ2n) is 3.87. The van der Waals surface area contributed by atoms with Crippen LogP contribution in [0.3, 0.4) is 0 Å². The molecule has 0 fully saturated rings. The number of alkyl halides is 4. The van der Waals surface area contributed by atoms with E-state index in [1.165, 1.54) is 24.3 Å². The number of anilines is 3. The molecule has 1 heterocycles. The summed E-state index contributed by atoms with van der Waals surface area (Å²) in [5, 5.41) is 2.37. The van der Waals surface area contributed by atoms with Crippen molar-refractivity contribution in [1.82, 2.24) is 15.0 Å². The Morgan fingerprint density at radius 3 is 2.55 bits per heavy atom. The van der Waals surface area contributed by atoms with Gasteiger partial charge in [0.1, 0.15) is 5.75 Å². The van der Waals surface area contributed by atoms with Gasteiger partial charge in [-0.25, -0.2) is 4.39 Å². The molecule has 22 heavy (non-hydrogen) atoms. The Bertz CT molecular complexity index is 654. The molecule has 1 aromatic carbocycles. The van der Waals surface area contributed by atoms with Gasteiger partial charge < -0.3 is 15.8 Å². The van der Waals surface area contributed by atoms with Gasteiger partial charge in [-0.2, -0.15) is 23.7 Å². The van der Waals surface area contributed by atoms with Crippen LogP contribution in [0.25, 0.3) is 0 Å². The molecule has 0 saturated carbocycles. The van der Waals surface area contributed by atoms with Crippen molar-refractivity contribution in [3.63, 3.8) is 0 Å². The van der Waals surface area contributed by atoms with Gasteiger partial charge in [0.05, 0.1) is 5.69 Å². The van der Waals surface area contributed by atoms with Crippen molar-refractivity contribution in [2.75, 3.05) is 11.1 Å². The maximum Gasteiger partial charge on any atom is 0.444 e. The summed E-state index contributed by atoms with van der Waals surface area (Å²) in [4.78, 5) is 11.0. The van der Waals surface area contributed by atoms with E-state index in [1.54, 1.807) is 0 Å². The summed E-state index contributed by atoms with van der Waals surface area (Å²) in [5.41, 5.74) is 2.41. The molecule has 11 heteroatoms. The number of ether oxygens (including phenoxy) is 1. The molecule has 118 valence electrons. The molecule has 0 aliphatic rings. The van der Waals surface area contributed by atoms with Gasteiger partial charge >= 0.3 is 6.11 Å². The lowest BCUT2D eigenvalue weighted by molar-refractivity contribution is -0.198. The average molecular weight is 354 g/mol. The molecule has 0 amide bonds. The Morgan fingerprint density at radius 1 is 1.23 bits per heavy atom. The Hall–Kier alpha value is -2.00. The molecular weight excluding hydrogens is 346 g/mol. The van der Waals surface area contributed by atoms with E-state index in [0.29, 0.717) is 0 Å². The number of nitrogens with two attached hydrogens (primary N) is 1. The molecule has 2 rings (SSSR count). The van der Waals surface area contributed by atoms with Crippen LogP contribution in [-0.4, -0.2) is 26.7 Å². The van der Waals surface area contributed by atoms with Crippen LogP contribution < -0.4 is 15.8 Å². The molecule has 2 aromatic rings. The van der Waals surface area contributed by atoms with Gasteiger partial charge in [-0.05, 0) is 23.7 Å². The first-order valence-electron chi connectivity index (χ1n) is 5.66. The maximum absolute atomic E-state index is 13.2. The summed E-state index contributed by atoms with van der Waals surface area (Å²) in [6.07, 6.45) is -4.21. The summed E-state index contributed by atoms with van der Waals surface area (Å²) in [6.45, 7) is 0. The maximum atomic E-state index is 13.2. The van der Waals surface area contributed by atoms with Gasteiger partial charge in [-0.3, -0.25) is 0 Å². The molecule has 3 N–H and O–H groups in total. The van der Waals surface area contributed by atoms with E-state index in [-0.39, 0.29) is 28.6 Å². The van der Waals surface area contributed by atoms with Gasteiger partial charge in [0.2, 0.25) is 17.2 Å². The zero-order valence-electron chi connectivity index (χ0n) is 10.6. The SMILES string of the molecule is Nc1nc(Cl)nc(Nc2ccccc2OC(F)(F)[C@@H](F)Cl)n1. The molecule has 0 spiro atoms. The van der Waals surface area contributed by atoms with E-state index in [1.807, 2.05) is 0 Å². The Labute approximate surface area is 132 Å². The van der Waals surface area contributed by atoms with Crippen LogP contribution in [0.2, 0.25) is 5.28 Å². The van der Waals surface area contributed by atoms with Crippen molar-refractivity contribution in [3.05, 3.63) is 29.5 Å². The number of hydrogen-bond donors (Lipinski definition) is 2. The zero-order valence-corrected chi connectivity index (χ0v) is 12.1. The largest absolute Gasteiger partial charge is 0.444 e. The van der Waals surface area contributed by atoms with Crippen LogP contribution in [-0.2, 0) is 0 Å². The lowest BCUT2D eigenvalue weighted by Crippen LogP contribution is -2.33.